The summed E-state index contributed by atoms with van der Waals surface area (Å²) in [6, 6.07) is 151. The van der Waals surface area contributed by atoms with Gasteiger partial charge in [-0.25, -0.2) is 0 Å². The third kappa shape index (κ3) is 9.63. The smallest absolute Gasteiger partial charge is 0.252 e. The van der Waals surface area contributed by atoms with Gasteiger partial charge in [0.15, 0.2) is 0 Å². The van der Waals surface area contributed by atoms with E-state index in [-0.39, 0.29) is 6.71 Å². The summed E-state index contributed by atoms with van der Waals surface area (Å²) in [6.07, 6.45) is 0. The average molecular weight is 1370 g/mol. The van der Waals surface area contributed by atoms with Crippen LogP contribution in [-0.4, -0.2) is 11.3 Å². The molecule has 3 heterocycles. The number of aromatic nitrogens is 1. The molecule has 0 spiro atoms. The third-order valence-corrected chi connectivity index (χ3v) is 23.1. The first-order valence-corrected chi connectivity index (χ1v) is 37.5. The van der Waals surface area contributed by atoms with E-state index < -0.39 is 0 Å². The van der Waals surface area contributed by atoms with Crippen LogP contribution in [0.15, 0.2) is 400 Å². The van der Waals surface area contributed by atoms with Gasteiger partial charge in [-0.1, -0.05) is 340 Å². The highest BCUT2D eigenvalue weighted by Crippen LogP contribution is 2.56. The summed E-state index contributed by atoms with van der Waals surface area (Å²) in [5.41, 5.74) is 31.7. The molecule has 0 aliphatic carbocycles. The maximum Gasteiger partial charge on any atom is 0.252 e. The summed E-state index contributed by atoms with van der Waals surface area (Å²) < 4.78 is 2.54. The van der Waals surface area contributed by atoms with Gasteiger partial charge in [0.25, 0.3) is 6.71 Å². The van der Waals surface area contributed by atoms with E-state index in [2.05, 4.69) is 415 Å². The van der Waals surface area contributed by atoms with Gasteiger partial charge in [0.05, 0.1) is 28.1 Å². The Balaban J connectivity index is 0.933. The molecule has 1 aromatic heterocycles. The zero-order chi connectivity index (χ0) is 70.9. The maximum absolute atomic E-state index is 2.71. The van der Waals surface area contributed by atoms with Crippen molar-refractivity contribution >= 4 is 122 Å². The topological polar surface area (TPSA) is 11.4 Å². The molecular formula is C104H66BN3. The lowest BCUT2D eigenvalue weighted by molar-refractivity contribution is 1.16. The molecule has 500 valence electrons. The van der Waals surface area contributed by atoms with E-state index in [1.54, 1.807) is 0 Å². The van der Waals surface area contributed by atoms with Gasteiger partial charge < -0.3 is 14.4 Å². The van der Waals surface area contributed by atoms with E-state index in [1.807, 2.05) is 0 Å². The quantitative estimate of drug-likeness (QED) is 0.0726. The molecule has 0 N–H and O–H groups in total. The Morgan fingerprint density at radius 3 is 0.981 bits per heavy atom. The first kappa shape index (κ1) is 61.4. The highest BCUT2D eigenvalue weighted by Gasteiger charge is 2.46. The summed E-state index contributed by atoms with van der Waals surface area (Å²) in [6.45, 7) is -0.319. The number of benzene rings is 19. The molecule has 108 heavy (non-hydrogen) atoms. The minimum atomic E-state index is -0.319. The molecule has 0 radical (unpaired) electrons. The van der Waals surface area contributed by atoms with Crippen molar-refractivity contribution in [3.8, 4) is 94.7 Å². The van der Waals surface area contributed by atoms with Gasteiger partial charge in [-0.15, -0.1) is 0 Å². The molecule has 19 aromatic carbocycles. The second-order valence-electron chi connectivity index (χ2n) is 28.9. The van der Waals surface area contributed by atoms with Crippen LogP contribution in [0.1, 0.15) is 0 Å². The number of fused-ring (bicyclic) bond motifs is 9. The van der Waals surface area contributed by atoms with Gasteiger partial charge in [0, 0.05) is 55.8 Å². The highest BCUT2D eigenvalue weighted by molar-refractivity contribution is 7.00. The molecule has 0 bridgehead atoms. The van der Waals surface area contributed by atoms with Crippen molar-refractivity contribution in [2.45, 2.75) is 0 Å². The molecular weight excluding hydrogens is 1300 g/mol. The van der Waals surface area contributed by atoms with Gasteiger partial charge in [0.1, 0.15) is 0 Å². The number of nitrogens with zero attached hydrogens (tertiary/aromatic N) is 3. The second-order valence-corrected chi connectivity index (χ2v) is 28.9. The van der Waals surface area contributed by atoms with Crippen LogP contribution in [0.2, 0.25) is 0 Å². The zero-order valence-corrected chi connectivity index (χ0v) is 59.0. The van der Waals surface area contributed by atoms with Crippen molar-refractivity contribution < 1.29 is 0 Å². The molecule has 20 aromatic rings. The first-order chi connectivity index (χ1) is 53.6. The van der Waals surface area contributed by atoms with E-state index in [4.69, 9.17) is 0 Å². The van der Waals surface area contributed by atoms with E-state index in [0.29, 0.717) is 0 Å². The summed E-state index contributed by atoms with van der Waals surface area (Å²) in [7, 11) is 0. The van der Waals surface area contributed by atoms with Crippen LogP contribution in [0.25, 0.3) is 160 Å². The first-order valence-electron chi connectivity index (χ1n) is 37.5. The normalized spacial score (nSPS) is 12.4. The minimum absolute atomic E-state index is 0.319. The molecule has 0 amide bonds. The predicted molar refractivity (Wildman–Crippen MR) is 460 cm³/mol. The van der Waals surface area contributed by atoms with Crippen LogP contribution in [0.3, 0.4) is 0 Å². The van der Waals surface area contributed by atoms with Crippen molar-refractivity contribution in [2.24, 2.45) is 0 Å². The number of anilines is 6. The Morgan fingerprint density at radius 1 is 0.194 bits per heavy atom. The van der Waals surface area contributed by atoms with Crippen molar-refractivity contribution in [1.82, 2.24) is 4.57 Å². The average Bonchev–Trinajstić information content (AvgIpc) is 0.762. The summed E-state index contributed by atoms with van der Waals surface area (Å²) in [5, 5.41) is 12.6. The lowest BCUT2D eigenvalue weighted by Crippen LogP contribution is -2.61. The Hall–Kier alpha value is -14.1. The van der Waals surface area contributed by atoms with Crippen LogP contribution >= 0.6 is 0 Å². The molecule has 0 atom stereocenters. The number of rotatable bonds is 11. The van der Waals surface area contributed by atoms with Crippen molar-refractivity contribution in [1.29, 1.82) is 0 Å². The molecule has 3 nitrogen and oxygen atoms in total. The van der Waals surface area contributed by atoms with E-state index in [9.17, 15) is 0 Å². The molecule has 4 heteroatoms. The number of hydrogen-bond acceptors (Lipinski definition) is 2. The van der Waals surface area contributed by atoms with Crippen molar-refractivity contribution in [3.05, 3.63) is 400 Å². The molecule has 0 saturated carbocycles. The van der Waals surface area contributed by atoms with Crippen LogP contribution in [0.4, 0.5) is 34.1 Å². The van der Waals surface area contributed by atoms with Gasteiger partial charge in [-0.3, -0.25) is 0 Å². The fraction of sp³-hybridized carbons (Fsp3) is 0. The minimum Gasteiger partial charge on any atom is -0.310 e. The van der Waals surface area contributed by atoms with Crippen LogP contribution in [-0.2, 0) is 0 Å². The SMILES string of the molecule is c1ccc(-c2ccc3c(c2)B2c4cc(-c5ccc6c7cccc8cccc(c9cccc5c96)c87)ccc4N(c4c(-c5ccccc5)cc(-c5ccccc5)cc4-c4ccccc4)c4cc(-n5c6ccccc6c6ccccc65)cc(c42)N3c2c(-c3ccccc3)cc(-c3ccccc3)cc2-c2ccccc2)cc1. The Kier molecular flexibility index (Phi) is 14.1. The van der Waals surface area contributed by atoms with Gasteiger partial charge in [0.2, 0.25) is 0 Å². The fourth-order valence-electron chi connectivity index (χ4n) is 18.4. The molecule has 2 aliphatic heterocycles. The third-order valence-electron chi connectivity index (χ3n) is 23.1. The largest absolute Gasteiger partial charge is 0.310 e. The van der Waals surface area contributed by atoms with Gasteiger partial charge in [-0.05, 0) is 187 Å². The highest BCUT2D eigenvalue weighted by atomic mass is 15.2. The summed E-state index contributed by atoms with van der Waals surface area (Å²) >= 11 is 0. The van der Waals surface area contributed by atoms with Crippen molar-refractivity contribution in [2.75, 3.05) is 9.80 Å². The maximum atomic E-state index is 2.71. The Bertz CT molecular complexity index is 6720. The van der Waals surface area contributed by atoms with Gasteiger partial charge >= 0.3 is 0 Å². The van der Waals surface area contributed by atoms with Crippen LogP contribution in [0.5, 0.6) is 0 Å². The van der Waals surface area contributed by atoms with Gasteiger partial charge in [-0.2, -0.15) is 0 Å². The van der Waals surface area contributed by atoms with E-state index in [0.717, 1.165) is 134 Å². The van der Waals surface area contributed by atoms with E-state index >= 15 is 0 Å². The number of hydrogen-bond donors (Lipinski definition) is 0. The summed E-state index contributed by atoms with van der Waals surface area (Å²) in [5.74, 6) is 0. The predicted octanol–water partition coefficient (Wildman–Crippen LogP) is 26.3. The molecule has 22 rings (SSSR count). The number of para-hydroxylation sites is 2. The molecule has 0 fully saturated rings. The molecule has 0 unspecified atom stereocenters. The Labute approximate surface area is 627 Å². The fourth-order valence-corrected chi connectivity index (χ4v) is 18.4. The van der Waals surface area contributed by atoms with E-state index in [1.165, 1.54) is 75.8 Å². The standard InChI is InChI=1S/C104H66BN3/c1-8-29-67(30-9-1)75-53-57-96-92(63-75)105-93-64-76(80-55-56-87-85-48-27-44-74-43-26-47-84(100(74)85)86-50-28-49-83(80)101(86)87)54-58-97(93)108(104-90(72-39-18-6-19-40-72)61-78(69-33-12-3-13-34-69)62-91(104)73-41-20-7-21-42-73)99-66-79(106-94-51-24-22-45-81(94)82-46-23-25-52-95(82)106)65-98(102(99)105)107(96)103-88(70-35-14-4-15-36-70)59-77(68-31-10-2-11-32-68)60-89(103)71-37-16-5-17-38-71/h1-66H. The lowest BCUT2D eigenvalue weighted by Gasteiger charge is -2.46. The lowest BCUT2D eigenvalue weighted by atomic mass is 9.33. The zero-order valence-electron chi connectivity index (χ0n) is 59.0. The Morgan fingerprint density at radius 2 is 0.537 bits per heavy atom. The second kappa shape index (κ2) is 24.8. The molecule has 2 aliphatic rings. The van der Waals surface area contributed by atoms with Crippen LogP contribution < -0.4 is 26.2 Å². The van der Waals surface area contributed by atoms with Crippen molar-refractivity contribution in [3.63, 3.8) is 0 Å². The monoisotopic (exact) mass is 1370 g/mol. The van der Waals surface area contributed by atoms with Crippen LogP contribution in [0, 0.1) is 0 Å². The molecule has 0 saturated heterocycles. The summed E-state index contributed by atoms with van der Waals surface area (Å²) in [4.78, 5) is 5.40.